The topological polar surface area (TPSA) is 51.2 Å². The van der Waals surface area contributed by atoms with E-state index in [4.69, 9.17) is 0 Å². The van der Waals surface area contributed by atoms with Crippen molar-refractivity contribution in [2.75, 3.05) is 0 Å². The van der Waals surface area contributed by atoms with E-state index in [1.54, 1.807) is 18.2 Å². The van der Waals surface area contributed by atoms with E-state index in [1.165, 1.54) is 19.1 Å². The summed E-state index contributed by atoms with van der Waals surface area (Å²) in [6, 6.07) is 8.15. The molecule has 3 nitrogen and oxygen atoms in total. The number of benzene rings is 1. The summed E-state index contributed by atoms with van der Waals surface area (Å²) in [5.41, 5.74) is 0.527. The van der Waals surface area contributed by atoms with Gasteiger partial charge >= 0.3 is 0 Å². The van der Waals surface area contributed by atoms with Crippen LogP contribution in [0.3, 0.4) is 0 Å². The van der Waals surface area contributed by atoms with Crippen molar-refractivity contribution in [1.82, 2.24) is 0 Å². The first kappa shape index (κ1) is 13.0. The molecular formula is C14H16O3S. The van der Waals surface area contributed by atoms with Crippen molar-refractivity contribution in [2.45, 2.75) is 35.8 Å². The fourth-order valence-electron chi connectivity index (χ4n) is 2.67. The van der Waals surface area contributed by atoms with Crippen LogP contribution in [0.4, 0.5) is 0 Å². The molecule has 1 aliphatic carbocycles. The molecule has 0 aromatic heterocycles. The molecule has 1 fully saturated rings. The van der Waals surface area contributed by atoms with Gasteiger partial charge in [-0.1, -0.05) is 24.8 Å². The van der Waals surface area contributed by atoms with Crippen LogP contribution < -0.4 is 0 Å². The smallest absolute Gasteiger partial charge is 0.195 e. The molecule has 0 saturated heterocycles. The average molecular weight is 264 g/mol. The molecule has 1 atom stereocenters. The minimum Gasteiger partial charge on any atom is -0.298 e. The van der Waals surface area contributed by atoms with Crippen molar-refractivity contribution in [2.24, 2.45) is 0 Å². The molecule has 0 heterocycles. The molecule has 0 unspecified atom stereocenters. The number of sulfone groups is 1. The summed E-state index contributed by atoms with van der Waals surface area (Å²) in [5.74, 6) is -0.325. The zero-order valence-electron chi connectivity index (χ0n) is 10.3. The lowest BCUT2D eigenvalue weighted by Crippen LogP contribution is -2.44. The van der Waals surface area contributed by atoms with Gasteiger partial charge in [0, 0.05) is 0 Å². The summed E-state index contributed by atoms with van der Waals surface area (Å²) < 4.78 is 24.0. The van der Waals surface area contributed by atoms with Gasteiger partial charge in [-0.05, 0) is 43.9 Å². The van der Waals surface area contributed by atoms with Crippen molar-refractivity contribution in [3.63, 3.8) is 0 Å². The Morgan fingerprint density at radius 2 is 1.89 bits per heavy atom. The van der Waals surface area contributed by atoms with Gasteiger partial charge in [-0.3, -0.25) is 4.79 Å². The summed E-state index contributed by atoms with van der Waals surface area (Å²) in [6.45, 7) is 5.17. The lowest BCUT2D eigenvalue weighted by atomic mass is 9.99. The Kier molecular flexibility index (Phi) is 3.15. The van der Waals surface area contributed by atoms with E-state index in [0.717, 1.165) is 0 Å². The Hall–Kier alpha value is -1.42. The van der Waals surface area contributed by atoms with Crippen LogP contribution in [0, 0.1) is 0 Å². The Morgan fingerprint density at radius 3 is 2.33 bits per heavy atom. The molecule has 0 aliphatic heterocycles. The van der Waals surface area contributed by atoms with Crippen LogP contribution in [0.2, 0.25) is 0 Å². The summed E-state index contributed by atoms with van der Waals surface area (Å²) in [7, 11) is -3.70. The van der Waals surface area contributed by atoms with Crippen molar-refractivity contribution >= 4 is 15.6 Å². The maximum Gasteiger partial charge on any atom is 0.195 e. The van der Waals surface area contributed by atoms with E-state index in [2.05, 4.69) is 6.58 Å². The molecule has 1 aromatic rings. The SMILES string of the molecule is C=C1CCC[C@@]1(C(C)=O)S(=O)(=O)c1ccccc1. The molecule has 1 aromatic carbocycles. The lowest BCUT2D eigenvalue weighted by molar-refractivity contribution is -0.118. The minimum atomic E-state index is -3.70. The van der Waals surface area contributed by atoms with E-state index < -0.39 is 14.6 Å². The monoisotopic (exact) mass is 264 g/mol. The first-order valence-corrected chi connectivity index (χ1v) is 7.40. The van der Waals surface area contributed by atoms with Gasteiger partial charge in [0.15, 0.2) is 20.4 Å². The van der Waals surface area contributed by atoms with Crippen molar-refractivity contribution in [3.8, 4) is 0 Å². The Balaban J connectivity index is 2.65. The van der Waals surface area contributed by atoms with Crippen LogP contribution in [0.15, 0.2) is 47.4 Å². The van der Waals surface area contributed by atoms with Gasteiger partial charge in [0.25, 0.3) is 0 Å². The fourth-order valence-corrected chi connectivity index (χ4v) is 4.86. The summed E-state index contributed by atoms with van der Waals surface area (Å²) in [6.07, 6.45) is 1.65. The van der Waals surface area contributed by atoms with Gasteiger partial charge in [-0.25, -0.2) is 8.42 Å². The number of rotatable bonds is 3. The quantitative estimate of drug-likeness (QED) is 0.788. The van der Waals surface area contributed by atoms with Crippen molar-refractivity contribution in [3.05, 3.63) is 42.5 Å². The van der Waals surface area contributed by atoms with Crippen LogP contribution in [0.5, 0.6) is 0 Å². The second-order valence-corrected chi connectivity index (χ2v) is 6.83. The van der Waals surface area contributed by atoms with E-state index in [9.17, 15) is 13.2 Å². The van der Waals surface area contributed by atoms with Gasteiger partial charge in [0.1, 0.15) is 0 Å². The maximum absolute atomic E-state index is 12.7. The maximum atomic E-state index is 12.7. The highest BCUT2D eigenvalue weighted by atomic mass is 32.2. The van der Waals surface area contributed by atoms with Gasteiger partial charge in [-0.15, -0.1) is 0 Å². The number of ketones is 1. The summed E-state index contributed by atoms with van der Waals surface area (Å²) in [4.78, 5) is 12.2. The van der Waals surface area contributed by atoms with Gasteiger partial charge in [-0.2, -0.15) is 0 Å². The minimum absolute atomic E-state index is 0.197. The number of hydrogen-bond donors (Lipinski definition) is 0. The molecule has 0 spiro atoms. The zero-order chi connectivity index (χ0) is 13.4. The highest BCUT2D eigenvalue weighted by molar-refractivity contribution is 7.94. The zero-order valence-corrected chi connectivity index (χ0v) is 11.2. The Bertz CT molecular complexity index is 587. The largest absolute Gasteiger partial charge is 0.298 e. The van der Waals surface area contributed by atoms with Crippen LogP contribution in [0.1, 0.15) is 26.2 Å². The van der Waals surface area contributed by atoms with E-state index >= 15 is 0 Å². The van der Waals surface area contributed by atoms with Gasteiger partial charge < -0.3 is 0 Å². The predicted molar refractivity (Wildman–Crippen MR) is 70.0 cm³/mol. The molecule has 96 valence electrons. The summed E-state index contributed by atoms with van der Waals surface area (Å²) >= 11 is 0. The molecule has 18 heavy (non-hydrogen) atoms. The van der Waals surface area contributed by atoms with Crippen molar-refractivity contribution in [1.29, 1.82) is 0 Å². The molecule has 0 bridgehead atoms. The number of carbonyl (C=O) groups excluding carboxylic acids is 1. The highest BCUT2D eigenvalue weighted by Gasteiger charge is 2.53. The predicted octanol–water partition coefficient (Wildman–Crippen LogP) is 2.53. The second-order valence-electron chi connectivity index (χ2n) is 4.66. The fraction of sp³-hybridized carbons (Fsp3) is 0.357. The molecule has 2 rings (SSSR count). The average Bonchev–Trinajstić information content (AvgIpc) is 2.73. The molecule has 0 radical (unpaired) electrons. The van der Waals surface area contributed by atoms with E-state index in [1.807, 2.05) is 0 Å². The second kappa shape index (κ2) is 4.35. The third-order valence-electron chi connectivity index (χ3n) is 3.66. The number of carbonyl (C=O) groups is 1. The number of Topliss-reactive ketones (excluding diaryl/α,β-unsaturated/α-hetero) is 1. The van der Waals surface area contributed by atoms with Crippen LogP contribution >= 0.6 is 0 Å². The van der Waals surface area contributed by atoms with Crippen LogP contribution in [-0.2, 0) is 14.6 Å². The van der Waals surface area contributed by atoms with Gasteiger partial charge in [0.05, 0.1) is 4.90 Å². The standard InChI is InChI=1S/C14H16O3S/c1-11-7-6-10-14(11,12(2)15)18(16,17)13-8-4-3-5-9-13/h3-5,8-9H,1,6-7,10H2,2H3/t14-/m1/s1. The van der Waals surface area contributed by atoms with E-state index in [0.29, 0.717) is 24.8 Å². The summed E-state index contributed by atoms with van der Waals surface area (Å²) in [5, 5.41) is 0. The molecular weight excluding hydrogens is 248 g/mol. The third-order valence-corrected chi connectivity index (χ3v) is 6.25. The molecule has 1 saturated carbocycles. The molecule has 1 aliphatic rings. The molecule has 4 heteroatoms. The Morgan fingerprint density at radius 1 is 1.28 bits per heavy atom. The van der Waals surface area contributed by atoms with Gasteiger partial charge in [0.2, 0.25) is 0 Å². The highest BCUT2D eigenvalue weighted by Crippen LogP contribution is 2.44. The van der Waals surface area contributed by atoms with Crippen LogP contribution in [0.25, 0.3) is 0 Å². The Labute approximate surface area is 107 Å². The normalized spacial score (nSPS) is 24.2. The lowest BCUT2D eigenvalue weighted by Gasteiger charge is -2.27. The first-order valence-electron chi connectivity index (χ1n) is 5.92. The van der Waals surface area contributed by atoms with E-state index in [-0.39, 0.29) is 10.7 Å². The number of hydrogen-bond acceptors (Lipinski definition) is 3. The first-order chi connectivity index (χ1) is 8.43. The van der Waals surface area contributed by atoms with Crippen molar-refractivity contribution < 1.29 is 13.2 Å². The van der Waals surface area contributed by atoms with Crippen LogP contribution in [-0.4, -0.2) is 18.9 Å². The third kappa shape index (κ3) is 1.63. The molecule has 0 amide bonds. The molecule has 0 N–H and O–H groups in total.